The smallest absolute Gasteiger partial charge is 0.243 e. The van der Waals surface area contributed by atoms with Crippen LogP contribution in [-0.4, -0.2) is 56.3 Å². The molecular weight excluding hydrogens is 457 g/mol. The van der Waals surface area contributed by atoms with E-state index >= 15 is 0 Å². The molecule has 0 aliphatic carbocycles. The van der Waals surface area contributed by atoms with Gasteiger partial charge in [0, 0.05) is 26.2 Å². The number of amides is 1. The van der Waals surface area contributed by atoms with E-state index in [1.165, 1.54) is 4.31 Å². The molecule has 31 heavy (non-hydrogen) atoms. The van der Waals surface area contributed by atoms with E-state index in [0.717, 1.165) is 11.1 Å². The number of carbonyl (C=O) groups is 1. The molecule has 0 spiro atoms. The predicted molar refractivity (Wildman–Crippen MR) is 126 cm³/mol. The highest BCUT2D eigenvalue weighted by atomic mass is 35.5. The number of sulfonamides is 1. The molecule has 0 saturated carbocycles. The highest BCUT2D eigenvalue weighted by Crippen LogP contribution is 2.32. The van der Waals surface area contributed by atoms with Crippen molar-refractivity contribution in [2.75, 3.05) is 38.0 Å². The van der Waals surface area contributed by atoms with Crippen LogP contribution in [0.5, 0.6) is 0 Å². The monoisotopic (exact) mass is 483 g/mol. The van der Waals surface area contributed by atoms with E-state index in [0.29, 0.717) is 52.7 Å². The highest BCUT2D eigenvalue weighted by Gasteiger charge is 2.29. The lowest BCUT2D eigenvalue weighted by molar-refractivity contribution is -0.117. The van der Waals surface area contributed by atoms with Crippen molar-refractivity contribution in [3.05, 3.63) is 57.6 Å². The molecule has 1 amide bonds. The summed E-state index contributed by atoms with van der Waals surface area (Å²) in [7, 11) is -3.55. The van der Waals surface area contributed by atoms with Crippen molar-refractivity contribution in [3.63, 3.8) is 0 Å². The zero-order chi connectivity index (χ0) is 22.8. The maximum absolute atomic E-state index is 12.9. The molecule has 1 aliphatic rings. The average Bonchev–Trinajstić information content (AvgIpc) is 2.74. The largest absolute Gasteiger partial charge is 0.322 e. The van der Waals surface area contributed by atoms with E-state index in [4.69, 9.17) is 23.2 Å². The van der Waals surface area contributed by atoms with Crippen molar-refractivity contribution in [2.45, 2.75) is 31.6 Å². The third-order valence-electron chi connectivity index (χ3n) is 5.43. The molecule has 1 aliphatic heterocycles. The van der Waals surface area contributed by atoms with E-state index in [1.807, 2.05) is 24.0 Å². The Morgan fingerprint density at radius 3 is 2.23 bits per heavy atom. The second-order valence-corrected chi connectivity index (χ2v) is 10.7. The van der Waals surface area contributed by atoms with Gasteiger partial charge in [0.25, 0.3) is 0 Å². The minimum Gasteiger partial charge on any atom is -0.322 e. The normalized spacial score (nSPS) is 15.9. The first kappa shape index (κ1) is 24.0. The van der Waals surface area contributed by atoms with Gasteiger partial charge in [-0.05, 0) is 42.2 Å². The van der Waals surface area contributed by atoms with Gasteiger partial charge in [0.2, 0.25) is 15.9 Å². The van der Waals surface area contributed by atoms with Crippen molar-refractivity contribution >= 4 is 44.8 Å². The van der Waals surface area contributed by atoms with Crippen molar-refractivity contribution in [3.8, 4) is 0 Å². The molecule has 0 aromatic heterocycles. The van der Waals surface area contributed by atoms with Crippen molar-refractivity contribution in [1.82, 2.24) is 9.21 Å². The number of benzene rings is 2. The van der Waals surface area contributed by atoms with Crippen LogP contribution >= 0.6 is 23.2 Å². The highest BCUT2D eigenvalue weighted by molar-refractivity contribution is 7.89. The summed E-state index contributed by atoms with van der Waals surface area (Å²) < 4.78 is 27.4. The Balaban J connectivity index is 1.58. The van der Waals surface area contributed by atoms with Crippen LogP contribution < -0.4 is 5.32 Å². The van der Waals surface area contributed by atoms with E-state index in [2.05, 4.69) is 19.2 Å². The van der Waals surface area contributed by atoms with Crippen molar-refractivity contribution in [2.24, 2.45) is 0 Å². The minimum absolute atomic E-state index is 0.136. The number of hydrogen-bond acceptors (Lipinski definition) is 4. The first-order valence-corrected chi connectivity index (χ1v) is 12.4. The SMILES string of the molecule is Cc1ccc(Cl)c(NC(=O)CN2CCN(S(=O)(=O)c3ccc(C(C)C)cc3)CC2)c1Cl. The first-order valence-electron chi connectivity index (χ1n) is 10.2. The fraction of sp³-hybridized carbons (Fsp3) is 0.409. The number of carbonyl (C=O) groups excluding carboxylic acids is 1. The zero-order valence-electron chi connectivity index (χ0n) is 17.9. The molecule has 1 saturated heterocycles. The van der Waals surface area contributed by atoms with Gasteiger partial charge < -0.3 is 5.32 Å². The number of nitrogens with one attached hydrogen (secondary N) is 1. The second kappa shape index (κ2) is 9.88. The maximum atomic E-state index is 12.9. The fourth-order valence-corrected chi connectivity index (χ4v) is 5.34. The quantitative estimate of drug-likeness (QED) is 0.661. The van der Waals surface area contributed by atoms with E-state index < -0.39 is 10.0 Å². The average molecular weight is 484 g/mol. The summed E-state index contributed by atoms with van der Waals surface area (Å²) in [5, 5.41) is 3.57. The van der Waals surface area contributed by atoms with Gasteiger partial charge >= 0.3 is 0 Å². The van der Waals surface area contributed by atoms with E-state index in [1.54, 1.807) is 24.3 Å². The summed E-state index contributed by atoms with van der Waals surface area (Å²) in [4.78, 5) is 14.7. The van der Waals surface area contributed by atoms with Crippen LogP contribution in [-0.2, 0) is 14.8 Å². The van der Waals surface area contributed by atoms with Gasteiger partial charge in [-0.15, -0.1) is 0 Å². The molecule has 0 bridgehead atoms. The standard InChI is InChI=1S/C22H27Cl2N3O3S/c1-15(2)17-5-7-18(8-6-17)31(29,30)27-12-10-26(11-13-27)14-20(28)25-22-19(23)9-4-16(3)21(22)24/h4-9,15H,10-14H2,1-3H3,(H,25,28). The Bertz CT molecular complexity index is 1050. The molecule has 168 valence electrons. The minimum atomic E-state index is -3.55. The molecule has 1 heterocycles. The first-order chi connectivity index (χ1) is 14.6. The predicted octanol–water partition coefficient (Wildman–Crippen LogP) is 4.37. The summed E-state index contributed by atoms with van der Waals surface area (Å²) in [5.74, 6) is 0.103. The van der Waals surface area contributed by atoms with Gasteiger partial charge in [-0.3, -0.25) is 9.69 Å². The van der Waals surface area contributed by atoms with Crippen LogP contribution in [0.2, 0.25) is 10.0 Å². The van der Waals surface area contributed by atoms with Crippen molar-refractivity contribution < 1.29 is 13.2 Å². The number of nitrogens with zero attached hydrogens (tertiary/aromatic N) is 2. The van der Waals surface area contributed by atoms with E-state index in [9.17, 15) is 13.2 Å². The number of rotatable bonds is 6. The molecular formula is C22H27Cl2N3O3S. The molecule has 9 heteroatoms. The third-order valence-corrected chi connectivity index (χ3v) is 8.15. The molecule has 3 rings (SSSR count). The fourth-order valence-electron chi connectivity index (χ4n) is 3.46. The van der Waals surface area contributed by atoms with Crippen LogP contribution in [0.25, 0.3) is 0 Å². The molecule has 0 atom stereocenters. The summed E-state index contributed by atoms with van der Waals surface area (Å²) in [6.07, 6.45) is 0. The topological polar surface area (TPSA) is 69.7 Å². The molecule has 6 nitrogen and oxygen atoms in total. The molecule has 0 radical (unpaired) electrons. The number of halogens is 2. The molecule has 2 aromatic carbocycles. The summed E-state index contributed by atoms with van der Waals surface area (Å²) >= 11 is 12.4. The van der Waals surface area contributed by atoms with Crippen molar-refractivity contribution in [1.29, 1.82) is 0 Å². The Morgan fingerprint density at radius 2 is 1.65 bits per heavy atom. The van der Waals surface area contributed by atoms with Crippen LogP contribution in [0.15, 0.2) is 41.3 Å². The Hall–Kier alpha value is -1.64. The van der Waals surface area contributed by atoms with Gasteiger partial charge in [-0.2, -0.15) is 4.31 Å². The van der Waals surface area contributed by atoms with Crippen LogP contribution in [0.1, 0.15) is 30.9 Å². The Morgan fingerprint density at radius 1 is 1.03 bits per heavy atom. The van der Waals surface area contributed by atoms with Gasteiger partial charge in [-0.25, -0.2) is 8.42 Å². The molecule has 2 aromatic rings. The van der Waals surface area contributed by atoms with Gasteiger partial charge in [0.05, 0.1) is 27.2 Å². The number of anilines is 1. The lowest BCUT2D eigenvalue weighted by Crippen LogP contribution is -2.50. The Labute approximate surface area is 194 Å². The molecule has 1 fully saturated rings. The van der Waals surface area contributed by atoms with Gasteiger partial charge in [0.15, 0.2) is 0 Å². The third kappa shape index (κ3) is 5.59. The van der Waals surface area contributed by atoms with Crippen LogP contribution in [0.3, 0.4) is 0 Å². The zero-order valence-corrected chi connectivity index (χ0v) is 20.2. The lowest BCUT2D eigenvalue weighted by Gasteiger charge is -2.33. The summed E-state index contributed by atoms with van der Waals surface area (Å²) in [6.45, 7) is 7.69. The van der Waals surface area contributed by atoms with Gasteiger partial charge in [0.1, 0.15) is 0 Å². The molecule has 1 N–H and O–H groups in total. The van der Waals surface area contributed by atoms with E-state index in [-0.39, 0.29) is 12.5 Å². The lowest BCUT2D eigenvalue weighted by atomic mass is 10.0. The van der Waals surface area contributed by atoms with Crippen LogP contribution in [0.4, 0.5) is 5.69 Å². The summed E-state index contributed by atoms with van der Waals surface area (Å²) in [5.41, 5.74) is 2.32. The second-order valence-electron chi connectivity index (χ2n) is 8.01. The van der Waals surface area contributed by atoms with Crippen LogP contribution in [0, 0.1) is 6.92 Å². The molecule has 0 unspecified atom stereocenters. The number of hydrogen-bond donors (Lipinski definition) is 1. The Kier molecular flexibility index (Phi) is 7.65. The number of aryl methyl sites for hydroxylation is 1. The van der Waals surface area contributed by atoms with Gasteiger partial charge in [-0.1, -0.05) is 55.2 Å². The maximum Gasteiger partial charge on any atom is 0.243 e. The summed E-state index contributed by atoms with van der Waals surface area (Å²) in [6, 6.07) is 10.5. The number of piperazine rings is 1.